The van der Waals surface area contributed by atoms with Crippen LogP contribution in [0.2, 0.25) is 0 Å². The molecule has 32 nitrogen and oxygen atoms in total. The third-order valence-electron chi connectivity index (χ3n) is 15.0. The number of morpholine rings is 6. The molecule has 1 aromatic heterocycles. The lowest BCUT2D eigenvalue weighted by Gasteiger charge is -2.34. The van der Waals surface area contributed by atoms with E-state index in [1.54, 1.807) is 124 Å². The van der Waals surface area contributed by atoms with Crippen molar-refractivity contribution in [1.29, 1.82) is 0 Å². The molecule has 11 rings (SSSR count). The molecular formula is C67H84IN9O23. The average molecular weight is 1510 g/mol. The van der Waals surface area contributed by atoms with Gasteiger partial charge in [-0.3, -0.25) is 38.3 Å². The Hall–Kier alpha value is -8.78. The number of hydrogen-bond acceptors (Lipinski definition) is 24. The van der Waals surface area contributed by atoms with Crippen molar-refractivity contribution in [3.05, 3.63) is 128 Å². The molecule has 5 aromatic rings. The number of nitrogens with zero attached hydrogens (tertiary/aromatic N) is 6. The summed E-state index contributed by atoms with van der Waals surface area (Å²) in [6, 6.07) is 27.9. The summed E-state index contributed by atoms with van der Waals surface area (Å²) < 4.78 is 46.8. The number of carbonyl (C=O) groups is 9. The summed E-state index contributed by atoms with van der Waals surface area (Å²) in [5, 5.41) is 44.5. The van der Waals surface area contributed by atoms with Gasteiger partial charge in [0.1, 0.15) is 11.2 Å². The number of rotatable bonds is 12. The van der Waals surface area contributed by atoms with Gasteiger partial charge in [-0.1, -0.05) is 23.4 Å². The van der Waals surface area contributed by atoms with Crippen LogP contribution in [0.3, 0.4) is 0 Å². The number of ether oxygens (including phenoxy) is 8. The summed E-state index contributed by atoms with van der Waals surface area (Å²) in [7, 11) is 0. The number of nitrogen functional groups attached to an aromatic ring is 1. The monoisotopic (exact) mass is 1510 g/mol. The fraction of sp³-hybridized carbons (Fsp3) is 0.478. The van der Waals surface area contributed by atoms with Gasteiger partial charge in [-0.05, 0) is 143 Å². The van der Waals surface area contributed by atoms with Crippen LogP contribution in [-0.2, 0) is 66.7 Å². The van der Waals surface area contributed by atoms with Crippen LogP contribution < -0.4 is 26.6 Å². The van der Waals surface area contributed by atoms with Gasteiger partial charge in [-0.15, -0.1) is 0 Å². The average Bonchev–Trinajstić information content (AvgIpc) is 0.927. The van der Waals surface area contributed by atoms with E-state index in [0.717, 1.165) is 14.7 Å². The highest BCUT2D eigenvalue weighted by Gasteiger charge is 2.43. The zero-order valence-electron chi connectivity index (χ0n) is 56.1. The maximum absolute atomic E-state index is 12.9. The number of aromatic amines is 1. The number of nitrogens with one attached hydrogen (secondary N) is 2. The van der Waals surface area contributed by atoms with Crippen LogP contribution >= 0.6 is 22.6 Å². The SMILES string of the molecule is CC(C)(C)OC(=O)[C@H](O)[C@H]1OCCN(c2cccc(C(=O)N3CCOCC3)c2)C1=O.CC(C)(C)OC(=O)[C@H](O)[C@H]1OCCNC1=O.Nc1ccc(-c2noc(=O)[nH]2)cc1.O=C(O)[C@H](O)[C@H]1OCCN(c2cccc(C(=O)N3CCOCC3)c2)C1=O.O=C(c1cccc(I)c1)N1CCOCC1. The summed E-state index contributed by atoms with van der Waals surface area (Å²) in [5.74, 6) is -5.34. The number of anilines is 3. The zero-order valence-corrected chi connectivity index (χ0v) is 58.3. The van der Waals surface area contributed by atoms with Crippen molar-refractivity contribution >= 4 is 93.0 Å². The molecule has 33 heteroatoms. The number of aliphatic hydroxyl groups is 3. The van der Waals surface area contributed by atoms with E-state index < -0.39 is 89.2 Å². The molecule has 6 amide bonds. The molecule has 0 saturated carbocycles. The van der Waals surface area contributed by atoms with Gasteiger partial charge in [0.05, 0.1) is 59.5 Å². The molecule has 6 saturated heterocycles. The van der Waals surface area contributed by atoms with Crippen LogP contribution in [0, 0.1) is 3.57 Å². The third kappa shape index (κ3) is 23.1. The first kappa shape index (κ1) is 78.6. The first-order valence-electron chi connectivity index (χ1n) is 32.0. The van der Waals surface area contributed by atoms with Crippen molar-refractivity contribution in [3.63, 3.8) is 0 Å². The van der Waals surface area contributed by atoms with Crippen LogP contribution in [0.15, 0.2) is 106 Å². The Bertz CT molecular complexity index is 3670. The van der Waals surface area contributed by atoms with Gasteiger partial charge in [0.2, 0.25) is 0 Å². The molecule has 4 aromatic carbocycles. The van der Waals surface area contributed by atoms with Gasteiger partial charge < -0.3 is 93.9 Å². The Morgan fingerprint density at radius 3 is 1.33 bits per heavy atom. The lowest BCUT2D eigenvalue weighted by atomic mass is 10.1. The number of halogens is 1. The highest BCUT2D eigenvalue weighted by molar-refractivity contribution is 14.1. The smallest absolute Gasteiger partial charge is 0.439 e. The fourth-order valence-corrected chi connectivity index (χ4v) is 10.7. The van der Waals surface area contributed by atoms with E-state index in [9.17, 15) is 63.3 Å². The van der Waals surface area contributed by atoms with Crippen LogP contribution in [0.25, 0.3) is 11.4 Å². The molecule has 7 heterocycles. The summed E-state index contributed by atoms with van der Waals surface area (Å²) in [4.78, 5) is 130. The molecule has 0 aliphatic carbocycles. The minimum atomic E-state index is -1.94. The Morgan fingerprint density at radius 1 is 0.540 bits per heavy atom. The van der Waals surface area contributed by atoms with Crippen molar-refractivity contribution in [1.82, 2.24) is 30.2 Å². The summed E-state index contributed by atoms with van der Waals surface area (Å²) in [6.07, 6.45) is -9.28. The molecule has 0 spiro atoms. The Morgan fingerprint density at radius 2 is 0.940 bits per heavy atom. The molecule has 8 N–H and O–H groups in total. The van der Waals surface area contributed by atoms with Gasteiger partial charge in [0.15, 0.2) is 42.4 Å². The standard InChI is InChI=1S/C21H28N2O7.C17H20N2O7.C11H12INO2.C10H17NO5.C8H7N3O2/c1-21(2,3)30-20(27)16(24)17-19(26)23(9-12-29-17)15-6-4-5-14(13-15)18(25)22-7-10-28-11-8-22;20-13(17(23)24)14-16(22)19(6-9-26-14)12-3-1-2-11(10-12)15(21)18-4-7-25-8-5-18;12-10-3-1-2-9(8-10)11(14)13-4-6-15-7-5-13;1-10(2,3)16-9(14)6(12)7-8(13)11-4-5-15-7;9-6-3-1-5(2-4-6)7-10-8(12)13-11-7/h4-6,13,16-17,24H,7-12H2,1-3H3;1-3,10,13-14,20H,4-9H2,(H,23,24);1-3,8H,4-7H2;6-7,12H,4-5H2,1-3H3,(H,11,13);1-4H,9H2,(H,10,11,12)/t16-,17-;13-,14-;;6-,7-;/m11.1./s1. The van der Waals surface area contributed by atoms with Crippen molar-refractivity contribution in [2.75, 3.05) is 134 Å². The summed E-state index contributed by atoms with van der Waals surface area (Å²) in [5.41, 5.74) is 8.03. The van der Waals surface area contributed by atoms with E-state index in [1.807, 2.05) is 29.2 Å². The normalized spacial score (nSPS) is 19.7. The zero-order chi connectivity index (χ0) is 72.8. The largest absolute Gasteiger partial charge is 0.479 e. The van der Waals surface area contributed by atoms with Crippen LogP contribution in [0.4, 0.5) is 17.1 Å². The van der Waals surface area contributed by atoms with E-state index in [2.05, 4.69) is 42.6 Å². The second-order valence-electron chi connectivity index (χ2n) is 24.8. The first-order valence-corrected chi connectivity index (χ1v) is 33.0. The number of nitrogens with two attached hydrogens (primary N) is 1. The summed E-state index contributed by atoms with van der Waals surface area (Å²) in [6.45, 7) is 18.1. The van der Waals surface area contributed by atoms with Gasteiger partial charge in [0.25, 0.3) is 35.4 Å². The number of aliphatic hydroxyl groups excluding tert-OH is 3. The van der Waals surface area contributed by atoms with Gasteiger partial charge in [-0.2, -0.15) is 0 Å². The molecule has 0 unspecified atom stereocenters. The van der Waals surface area contributed by atoms with Crippen molar-refractivity contribution in [3.8, 4) is 11.4 Å². The molecule has 6 aliphatic heterocycles. The van der Waals surface area contributed by atoms with E-state index in [4.69, 9.17) is 48.7 Å². The van der Waals surface area contributed by atoms with Gasteiger partial charge >= 0.3 is 23.7 Å². The highest BCUT2D eigenvalue weighted by atomic mass is 127. The van der Waals surface area contributed by atoms with E-state index in [1.165, 1.54) is 9.80 Å². The molecule has 542 valence electrons. The number of carboxylic acid groups (broad SMARTS) is 1. The number of aromatic nitrogens is 2. The quantitative estimate of drug-likeness (QED) is 0.0529. The molecule has 0 bridgehead atoms. The minimum Gasteiger partial charge on any atom is -0.479 e. The second-order valence-corrected chi connectivity index (χ2v) is 26.0. The van der Waals surface area contributed by atoms with Crippen LogP contribution in [0.1, 0.15) is 72.6 Å². The number of amides is 6. The molecular weight excluding hydrogens is 1430 g/mol. The molecule has 6 aliphatic rings. The lowest BCUT2D eigenvalue weighted by molar-refractivity contribution is -0.178. The van der Waals surface area contributed by atoms with Gasteiger partial charge in [-0.25, -0.2) is 19.2 Å². The van der Waals surface area contributed by atoms with Crippen molar-refractivity contribution < 1.29 is 106 Å². The summed E-state index contributed by atoms with van der Waals surface area (Å²) >= 11 is 2.21. The number of hydrogen-bond donors (Lipinski definition) is 7. The molecule has 0 radical (unpaired) electrons. The van der Waals surface area contributed by atoms with E-state index >= 15 is 0 Å². The second kappa shape index (κ2) is 37.1. The Balaban J connectivity index is 0.000000182. The maximum Gasteiger partial charge on any atom is 0.439 e. The topological polar surface area (TPSA) is 422 Å². The fourth-order valence-electron chi connectivity index (χ4n) is 10.1. The third-order valence-corrected chi connectivity index (χ3v) is 15.7. The van der Waals surface area contributed by atoms with Crippen molar-refractivity contribution in [2.45, 2.75) is 89.4 Å². The number of H-pyrrole nitrogens is 1. The lowest BCUT2D eigenvalue weighted by Crippen LogP contribution is -2.55. The molecule has 6 atom stereocenters. The van der Waals surface area contributed by atoms with Crippen molar-refractivity contribution in [2.24, 2.45) is 0 Å². The van der Waals surface area contributed by atoms with E-state index in [-0.39, 0.29) is 50.6 Å². The van der Waals surface area contributed by atoms with Crippen LogP contribution in [-0.4, -0.2) is 265 Å². The Kier molecular flexibility index (Phi) is 29.1. The first-order chi connectivity index (χ1) is 47.5. The highest BCUT2D eigenvalue weighted by Crippen LogP contribution is 2.26. The number of carboxylic acids is 1. The molecule has 6 fully saturated rings. The number of esters is 2. The van der Waals surface area contributed by atoms with Gasteiger partial charge in [0, 0.05) is 102 Å². The maximum atomic E-state index is 12.9. The van der Waals surface area contributed by atoms with Crippen LogP contribution in [0.5, 0.6) is 0 Å². The predicted octanol–water partition coefficient (Wildman–Crippen LogP) is 1.51. The minimum absolute atomic E-state index is 0.0857. The Labute approximate surface area is 588 Å². The number of benzene rings is 4. The number of carbonyl (C=O) groups excluding carboxylic acids is 8. The number of aliphatic carboxylic acids is 1. The van der Waals surface area contributed by atoms with E-state index in [0.29, 0.717) is 119 Å². The molecule has 100 heavy (non-hydrogen) atoms. The predicted molar refractivity (Wildman–Crippen MR) is 363 cm³/mol.